The van der Waals surface area contributed by atoms with Crippen LogP contribution in [0.5, 0.6) is 5.75 Å². The second-order valence-corrected chi connectivity index (χ2v) is 8.77. The van der Waals surface area contributed by atoms with Crippen LogP contribution in [-0.4, -0.2) is 78.8 Å². The average Bonchev–Trinajstić information content (AvgIpc) is 3.38. The monoisotopic (exact) mass is 510 g/mol. The summed E-state index contributed by atoms with van der Waals surface area (Å²) in [5, 5.41) is 50.9. The van der Waals surface area contributed by atoms with E-state index in [0.717, 1.165) is 5.56 Å². The number of carbonyl (C=O) groups excluding carboxylic acids is 1. The van der Waals surface area contributed by atoms with Crippen molar-refractivity contribution in [2.75, 3.05) is 13.2 Å². The Morgan fingerprint density at radius 3 is 2.62 bits per heavy atom. The fraction of sp³-hybridized carbons (Fsp3) is 0.346. The van der Waals surface area contributed by atoms with Gasteiger partial charge in [-0.25, -0.2) is 4.68 Å². The Morgan fingerprint density at radius 2 is 1.89 bits per heavy atom. The Morgan fingerprint density at radius 1 is 1.11 bits per heavy atom. The van der Waals surface area contributed by atoms with Gasteiger partial charge in [0.25, 0.3) is 0 Å². The van der Waals surface area contributed by atoms with Crippen LogP contribution in [0, 0.1) is 6.92 Å². The smallest absolute Gasteiger partial charge is 0.187 e. The molecule has 1 aliphatic heterocycles. The fourth-order valence-corrected chi connectivity index (χ4v) is 3.88. The van der Waals surface area contributed by atoms with E-state index in [1.165, 1.54) is 17.0 Å². The highest BCUT2D eigenvalue weighted by Gasteiger charge is 2.44. The number of ketones is 1. The van der Waals surface area contributed by atoms with Crippen LogP contribution in [0.1, 0.15) is 27.8 Å². The first-order chi connectivity index (χ1) is 17.9. The third-order valence-corrected chi connectivity index (χ3v) is 5.93. The molecule has 5 N–H and O–H groups in total. The number of aliphatic hydroxyl groups excluding tert-OH is 4. The Hall–Kier alpha value is -3.61. The van der Waals surface area contributed by atoms with E-state index in [4.69, 9.17) is 9.47 Å². The number of ether oxygens (including phenoxy) is 2. The number of nitrogens with one attached hydrogen (secondary N) is 1. The lowest BCUT2D eigenvalue weighted by molar-refractivity contribution is -0.254. The highest BCUT2D eigenvalue weighted by Crippen LogP contribution is 2.27. The summed E-state index contributed by atoms with van der Waals surface area (Å²) in [6, 6.07) is 16.4. The quantitative estimate of drug-likeness (QED) is 0.192. The highest BCUT2D eigenvalue weighted by atomic mass is 16.6. The van der Waals surface area contributed by atoms with Gasteiger partial charge in [0.05, 0.1) is 25.0 Å². The lowest BCUT2D eigenvalue weighted by Crippen LogP contribution is -2.56. The molecule has 1 fully saturated rings. The number of rotatable bonds is 10. The molecule has 0 aliphatic carbocycles. The normalized spacial score (nSPS) is 24.0. The molecule has 3 aromatic rings. The largest absolute Gasteiger partial charge is 0.487 e. The summed E-state index contributed by atoms with van der Waals surface area (Å²) in [6.07, 6.45) is -3.74. The van der Waals surface area contributed by atoms with Crippen molar-refractivity contribution < 1.29 is 34.7 Å². The number of nitrogens with zero attached hydrogens (tertiary/aromatic N) is 3. The van der Waals surface area contributed by atoms with Gasteiger partial charge in [-0.1, -0.05) is 47.7 Å². The first-order valence-corrected chi connectivity index (χ1v) is 11.8. The lowest BCUT2D eigenvalue weighted by Gasteiger charge is -2.39. The van der Waals surface area contributed by atoms with Crippen LogP contribution in [0.2, 0.25) is 0 Å². The Kier molecular flexibility index (Phi) is 8.64. The van der Waals surface area contributed by atoms with Crippen molar-refractivity contribution in [3.63, 3.8) is 0 Å². The van der Waals surface area contributed by atoms with Crippen molar-refractivity contribution in [3.8, 4) is 5.75 Å². The standard InChI is InChI=1S/C26H30N4O7/c1-16-6-5-9-20(10-16)36-15-18(11-21(32)17-7-3-2-4-8-17)27-12-19-13-30(29-28-19)26-25(35)24(34)23(33)22(14-31)37-26/h2-11,13,22-27,31,33-35H,12,14-15H2,1H3/t22-,23-,24+,25-,26-/m1/s1. The Bertz CT molecular complexity index is 1210. The van der Waals surface area contributed by atoms with Crippen molar-refractivity contribution >= 4 is 5.78 Å². The molecule has 11 heteroatoms. The molecule has 0 bridgehead atoms. The van der Waals surface area contributed by atoms with Gasteiger partial charge < -0.3 is 35.2 Å². The third kappa shape index (κ3) is 6.59. The molecule has 5 atom stereocenters. The predicted molar refractivity (Wildman–Crippen MR) is 131 cm³/mol. The summed E-state index contributed by atoms with van der Waals surface area (Å²) < 4.78 is 12.6. The van der Waals surface area contributed by atoms with Crippen LogP contribution >= 0.6 is 0 Å². The first-order valence-electron chi connectivity index (χ1n) is 11.8. The lowest BCUT2D eigenvalue weighted by atomic mass is 9.98. The van der Waals surface area contributed by atoms with E-state index in [9.17, 15) is 25.2 Å². The van der Waals surface area contributed by atoms with E-state index >= 15 is 0 Å². The van der Waals surface area contributed by atoms with Gasteiger partial charge in [0.2, 0.25) is 0 Å². The minimum atomic E-state index is -1.53. The maximum absolute atomic E-state index is 12.8. The first kappa shape index (κ1) is 26.5. The van der Waals surface area contributed by atoms with E-state index in [0.29, 0.717) is 22.7 Å². The Balaban J connectivity index is 1.46. The maximum Gasteiger partial charge on any atom is 0.187 e. The molecule has 0 amide bonds. The zero-order chi connectivity index (χ0) is 26.4. The summed E-state index contributed by atoms with van der Waals surface area (Å²) >= 11 is 0. The van der Waals surface area contributed by atoms with Crippen LogP contribution in [-0.2, 0) is 11.3 Å². The van der Waals surface area contributed by atoms with Gasteiger partial charge in [-0.2, -0.15) is 0 Å². The molecule has 196 valence electrons. The molecule has 0 saturated carbocycles. The van der Waals surface area contributed by atoms with Crippen LogP contribution in [0.4, 0.5) is 0 Å². The SMILES string of the molecule is Cc1cccc(OCC(=CC(=O)c2ccccc2)NCc2cn([C@@H]3O[C@H](CO)[C@@H](O)[C@H](O)[C@H]3O)nn2)c1. The molecule has 2 aromatic carbocycles. The molecular formula is C26H30N4O7. The van der Waals surface area contributed by atoms with E-state index in [1.807, 2.05) is 37.3 Å². The number of allylic oxidation sites excluding steroid dienone is 1. The van der Waals surface area contributed by atoms with Crippen molar-refractivity contribution in [2.45, 2.75) is 44.1 Å². The second-order valence-electron chi connectivity index (χ2n) is 8.77. The van der Waals surface area contributed by atoms with Gasteiger partial charge in [-0.05, 0) is 24.6 Å². The molecule has 1 aliphatic rings. The van der Waals surface area contributed by atoms with Gasteiger partial charge in [0, 0.05) is 11.6 Å². The average molecular weight is 511 g/mol. The maximum atomic E-state index is 12.8. The second kappa shape index (κ2) is 12.1. The summed E-state index contributed by atoms with van der Waals surface area (Å²) in [4.78, 5) is 12.8. The molecular weight excluding hydrogens is 480 g/mol. The van der Waals surface area contributed by atoms with Crippen LogP contribution in [0.15, 0.2) is 72.6 Å². The van der Waals surface area contributed by atoms with Crippen molar-refractivity contribution in [3.05, 3.63) is 89.4 Å². The molecule has 0 unspecified atom stereocenters. The third-order valence-electron chi connectivity index (χ3n) is 5.93. The Labute approximate surface area is 213 Å². The summed E-state index contributed by atoms with van der Waals surface area (Å²) in [7, 11) is 0. The number of benzene rings is 2. The van der Waals surface area contributed by atoms with Crippen LogP contribution < -0.4 is 10.1 Å². The summed E-state index contributed by atoms with van der Waals surface area (Å²) in [5.74, 6) is 0.467. The number of carbonyl (C=O) groups is 1. The zero-order valence-corrected chi connectivity index (χ0v) is 20.2. The number of hydrogen-bond donors (Lipinski definition) is 5. The minimum Gasteiger partial charge on any atom is -0.487 e. The van der Waals surface area contributed by atoms with Crippen molar-refractivity contribution in [2.24, 2.45) is 0 Å². The molecule has 2 heterocycles. The number of aromatic nitrogens is 3. The molecule has 1 saturated heterocycles. The van der Waals surface area contributed by atoms with E-state index in [2.05, 4.69) is 15.6 Å². The van der Waals surface area contributed by atoms with Crippen molar-refractivity contribution in [1.29, 1.82) is 0 Å². The molecule has 1 aromatic heterocycles. The summed E-state index contributed by atoms with van der Waals surface area (Å²) in [5.41, 5.74) is 2.54. The van der Waals surface area contributed by atoms with Gasteiger partial charge in [0.15, 0.2) is 12.0 Å². The van der Waals surface area contributed by atoms with Gasteiger partial charge in [0.1, 0.15) is 42.5 Å². The highest BCUT2D eigenvalue weighted by molar-refractivity contribution is 6.04. The van der Waals surface area contributed by atoms with Gasteiger partial charge >= 0.3 is 0 Å². The number of aryl methyl sites for hydroxylation is 1. The number of hydrogen-bond acceptors (Lipinski definition) is 10. The molecule has 37 heavy (non-hydrogen) atoms. The van der Waals surface area contributed by atoms with Gasteiger partial charge in [-0.3, -0.25) is 4.79 Å². The predicted octanol–water partition coefficient (Wildman–Crippen LogP) is 0.494. The topological polar surface area (TPSA) is 159 Å². The van der Waals surface area contributed by atoms with E-state index < -0.39 is 37.3 Å². The molecule has 4 rings (SSSR count). The van der Waals surface area contributed by atoms with Crippen LogP contribution in [0.3, 0.4) is 0 Å². The van der Waals surface area contributed by atoms with Gasteiger partial charge in [-0.15, -0.1) is 5.10 Å². The number of aliphatic hydroxyl groups is 4. The van der Waals surface area contributed by atoms with Crippen LogP contribution in [0.25, 0.3) is 0 Å². The minimum absolute atomic E-state index is 0.100. The van der Waals surface area contributed by atoms with Crippen molar-refractivity contribution in [1.82, 2.24) is 20.3 Å². The molecule has 0 radical (unpaired) electrons. The zero-order valence-electron chi connectivity index (χ0n) is 20.2. The van der Waals surface area contributed by atoms with E-state index in [-0.39, 0.29) is 18.9 Å². The van der Waals surface area contributed by atoms with E-state index in [1.54, 1.807) is 24.3 Å². The summed E-state index contributed by atoms with van der Waals surface area (Å²) in [6.45, 7) is 1.68. The fourth-order valence-electron chi connectivity index (χ4n) is 3.88. The molecule has 11 nitrogen and oxygen atoms in total. The molecule has 0 spiro atoms.